The molecule has 2 rings (SSSR count). The van der Waals surface area contributed by atoms with Crippen molar-refractivity contribution in [1.82, 2.24) is 0 Å². The van der Waals surface area contributed by atoms with Crippen molar-refractivity contribution in [2.24, 2.45) is 0 Å². The second-order valence-corrected chi connectivity index (χ2v) is 4.63. The molecule has 0 aliphatic rings. The van der Waals surface area contributed by atoms with E-state index in [1.54, 1.807) is 24.5 Å². The maximum absolute atomic E-state index is 11.0. The quantitative estimate of drug-likeness (QED) is 0.756. The largest absolute Gasteiger partial charge is 0.497 e. The number of carbonyl (C=O) groups is 1. The third-order valence-electron chi connectivity index (χ3n) is 2.43. The van der Waals surface area contributed by atoms with Crippen molar-refractivity contribution >= 4 is 17.6 Å². The van der Waals surface area contributed by atoms with Gasteiger partial charge in [0.25, 0.3) is 0 Å². The van der Waals surface area contributed by atoms with Crippen LogP contribution in [-0.4, -0.2) is 13.4 Å². The van der Waals surface area contributed by atoms with Crippen LogP contribution in [0.15, 0.2) is 29.6 Å². The molecule has 3 heteroatoms. The first-order chi connectivity index (χ1) is 7.74. The van der Waals surface area contributed by atoms with Crippen LogP contribution in [0, 0.1) is 6.92 Å². The van der Waals surface area contributed by atoms with Gasteiger partial charge in [0.1, 0.15) is 5.75 Å². The lowest BCUT2D eigenvalue weighted by Gasteiger charge is -2.05. The molecule has 0 unspecified atom stereocenters. The summed E-state index contributed by atoms with van der Waals surface area (Å²) in [5.41, 5.74) is 2.71. The lowest BCUT2D eigenvalue weighted by molar-refractivity contribution is 0.112. The molecule has 0 spiro atoms. The van der Waals surface area contributed by atoms with Crippen LogP contribution in [0.5, 0.6) is 5.75 Å². The molecule has 0 radical (unpaired) electrons. The minimum atomic E-state index is 0.664. The fourth-order valence-corrected chi connectivity index (χ4v) is 2.32. The number of ether oxygens (including phenoxy) is 1. The Kier molecular flexibility index (Phi) is 3.06. The van der Waals surface area contributed by atoms with Gasteiger partial charge >= 0.3 is 0 Å². The maximum Gasteiger partial charge on any atom is 0.150 e. The molecule has 0 amide bonds. The fraction of sp³-hybridized carbons (Fsp3) is 0.154. The number of hydrogen-bond donors (Lipinski definition) is 0. The summed E-state index contributed by atoms with van der Waals surface area (Å²) in [6.45, 7) is 2.05. The van der Waals surface area contributed by atoms with Crippen LogP contribution in [0.3, 0.4) is 0 Å². The third-order valence-corrected chi connectivity index (χ3v) is 3.29. The first-order valence-electron chi connectivity index (χ1n) is 4.93. The first-order valence-corrected chi connectivity index (χ1v) is 5.81. The predicted octanol–water partition coefficient (Wildman–Crippen LogP) is 3.54. The second-order valence-electron chi connectivity index (χ2n) is 3.52. The van der Waals surface area contributed by atoms with Crippen LogP contribution in [-0.2, 0) is 0 Å². The molecule has 0 N–H and O–H groups in total. The number of hydrogen-bond acceptors (Lipinski definition) is 3. The molecular weight excluding hydrogens is 220 g/mol. The van der Waals surface area contributed by atoms with Gasteiger partial charge in [-0.2, -0.15) is 0 Å². The molecule has 0 aliphatic carbocycles. The van der Waals surface area contributed by atoms with Crippen molar-refractivity contribution in [1.29, 1.82) is 0 Å². The molecule has 0 bridgehead atoms. The topological polar surface area (TPSA) is 26.3 Å². The van der Waals surface area contributed by atoms with Crippen LogP contribution in [0.1, 0.15) is 15.2 Å². The van der Waals surface area contributed by atoms with Crippen LogP contribution < -0.4 is 4.74 Å². The van der Waals surface area contributed by atoms with E-state index in [0.717, 1.165) is 17.4 Å². The summed E-state index contributed by atoms with van der Waals surface area (Å²) in [6, 6.07) is 7.63. The Labute approximate surface area is 98.5 Å². The summed E-state index contributed by atoms with van der Waals surface area (Å²) in [4.78, 5) is 12.3. The smallest absolute Gasteiger partial charge is 0.150 e. The van der Waals surface area contributed by atoms with Gasteiger partial charge in [0.2, 0.25) is 0 Å². The molecular formula is C13H12O2S. The second kappa shape index (κ2) is 4.49. The monoisotopic (exact) mass is 232 g/mol. The first kappa shape index (κ1) is 10.9. The van der Waals surface area contributed by atoms with Gasteiger partial charge in [-0.25, -0.2) is 0 Å². The van der Waals surface area contributed by atoms with E-state index in [9.17, 15) is 4.79 Å². The summed E-state index contributed by atoms with van der Waals surface area (Å²) in [5, 5.41) is 2.06. The highest BCUT2D eigenvalue weighted by molar-refractivity contribution is 7.10. The standard InChI is InChI=1S/C13H12O2S/c1-9-5-11(8-16-9)13-4-3-12(15-2)6-10(13)7-14/h3-8H,1-2H3. The molecule has 2 nitrogen and oxygen atoms in total. The highest BCUT2D eigenvalue weighted by Gasteiger charge is 2.07. The van der Waals surface area contributed by atoms with E-state index in [1.165, 1.54) is 4.88 Å². The molecule has 16 heavy (non-hydrogen) atoms. The van der Waals surface area contributed by atoms with Crippen LogP contribution in [0.2, 0.25) is 0 Å². The van der Waals surface area contributed by atoms with E-state index in [-0.39, 0.29) is 0 Å². The van der Waals surface area contributed by atoms with Crippen LogP contribution in [0.4, 0.5) is 0 Å². The number of thiophene rings is 1. The van der Waals surface area contributed by atoms with Crippen molar-refractivity contribution in [2.75, 3.05) is 7.11 Å². The number of benzene rings is 1. The predicted molar refractivity (Wildman–Crippen MR) is 66.4 cm³/mol. The van der Waals surface area contributed by atoms with Gasteiger partial charge in [0.05, 0.1) is 7.11 Å². The summed E-state index contributed by atoms with van der Waals surface area (Å²) in [7, 11) is 1.60. The zero-order valence-corrected chi connectivity index (χ0v) is 10.0. The molecule has 2 aromatic rings. The highest BCUT2D eigenvalue weighted by atomic mass is 32.1. The van der Waals surface area contributed by atoms with Crippen LogP contribution >= 0.6 is 11.3 Å². The Hall–Kier alpha value is -1.61. The van der Waals surface area contributed by atoms with Gasteiger partial charge in [0.15, 0.2) is 6.29 Å². The maximum atomic E-state index is 11.0. The average molecular weight is 232 g/mol. The molecule has 0 saturated heterocycles. The van der Waals surface area contributed by atoms with Crippen molar-refractivity contribution in [3.05, 3.63) is 40.1 Å². The summed E-state index contributed by atoms with van der Waals surface area (Å²) < 4.78 is 5.10. The number of carbonyl (C=O) groups excluding carboxylic acids is 1. The van der Waals surface area contributed by atoms with E-state index in [4.69, 9.17) is 4.74 Å². The van der Waals surface area contributed by atoms with Crippen molar-refractivity contribution in [2.45, 2.75) is 6.92 Å². The minimum Gasteiger partial charge on any atom is -0.497 e. The van der Waals surface area contributed by atoms with Gasteiger partial charge in [-0.3, -0.25) is 4.79 Å². The molecule has 1 heterocycles. The van der Waals surface area contributed by atoms with E-state index in [1.807, 2.05) is 12.1 Å². The molecule has 0 atom stereocenters. The van der Waals surface area contributed by atoms with E-state index in [0.29, 0.717) is 11.3 Å². The Balaban J connectivity index is 2.52. The number of rotatable bonds is 3. The van der Waals surface area contributed by atoms with Gasteiger partial charge in [-0.1, -0.05) is 0 Å². The zero-order valence-electron chi connectivity index (χ0n) is 9.19. The SMILES string of the molecule is COc1ccc(-c2csc(C)c2)c(C=O)c1. The van der Waals surface area contributed by atoms with Crippen molar-refractivity contribution < 1.29 is 9.53 Å². The molecule has 0 aliphatic heterocycles. The normalized spacial score (nSPS) is 10.1. The van der Waals surface area contributed by atoms with Gasteiger partial charge in [-0.15, -0.1) is 11.3 Å². The number of methoxy groups -OCH3 is 1. The molecule has 0 saturated carbocycles. The van der Waals surface area contributed by atoms with E-state index in [2.05, 4.69) is 18.4 Å². The number of aldehydes is 1. The third kappa shape index (κ3) is 1.99. The number of aryl methyl sites for hydroxylation is 1. The Morgan fingerprint density at radius 1 is 1.31 bits per heavy atom. The molecule has 82 valence electrons. The lowest BCUT2D eigenvalue weighted by atomic mass is 10.0. The minimum absolute atomic E-state index is 0.664. The summed E-state index contributed by atoms with van der Waals surface area (Å²) >= 11 is 1.68. The Morgan fingerprint density at radius 3 is 2.69 bits per heavy atom. The Morgan fingerprint density at radius 2 is 2.12 bits per heavy atom. The van der Waals surface area contributed by atoms with Gasteiger partial charge in [-0.05, 0) is 47.7 Å². The van der Waals surface area contributed by atoms with E-state index < -0.39 is 0 Å². The van der Waals surface area contributed by atoms with Crippen LogP contribution in [0.25, 0.3) is 11.1 Å². The molecule has 1 aromatic heterocycles. The molecule has 0 fully saturated rings. The average Bonchev–Trinajstić information content (AvgIpc) is 2.74. The lowest BCUT2D eigenvalue weighted by Crippen LogP contribution is -1.89. The van der Waals surface area contributed by atoms with E-state index >= 15 is 0 Å². The molecule has 1 aromatic carbocycles. The zero-order chi connectivity index (χ0) is 11.5. The Bertz CT molecular complexity index is 514. The van der Waals surface area contributed by atoms with Crippen molar-refractivity contribution in [3.8, 4) is 16.9 Å². The summed E-state index contributed by atoms with van der Waals surface area (Å²) in [6.07, 6.45) is 0.866. The van der Waals surface area contributed by atoms with Crippen molar-refractivity contribution in [3.63, 3.8) is 0 Å². The van der Waals surface area contributed by atoms with Gasteiger partial charge in [0, 0.05) is 10.4 Å². The fourth-order valence-electron chi connectivity index (χ4n) is 1.61. The highest BCUT2D eigenvalue weighted by Crippen LogP contribution is 2.29. The summed E-state index contributed by atoms with van der Waals surface area (Å²) in [5.74, 6) is 0.706. The van der Waals surface area contributed by atoms with Gasteiger partial charge < -0.3 is 4.74 Å².